The zero-order valence-corrected chi connectivity index (χ0v) is 7.41. The minimum atomic E-state index is -0.248. The van der Waals surface area contributed by atoms with Crippen molar-refractivity contribution in [1.82, 2.24) is 0 Å². The van der Waals surface area contributed by atoms with Crippen molar-refractivity contribution in [2.24, 2.45) is 16.6 Å². The Labute approximate surface area is 71.8 Å². The van der Waals surface area contributed by atoms with Crippen molar-refractivity contribution in [2.75, 3.05) is 6.54 Å². The molecule has 2 N–H and O–H groups in total. The van der Waals surface area contributed by atoms with Gasteiger partial charge in [0, 0.05) is 19.3 Å². The van der Waals surface area contributed by atoms with E-state index in [9.17, 15) is 4.79 Å². The van der Waals surface area contributed by atoms with Gasteiger partial charge in [-0.25, -0.2) is 0 Å². The van der Waals surface area contributed by atoms with Gasteiger partial charge in [-0.3, -0.25) is 9.79 Å². The Morgan fingerprint density at radius 2 is 2.42 bits per heavy atom. The average Bonchev–Trinajstić information content (AvgIpc) is 1.94. The van der Waals surface area contributed by atoms with Gasteiger partial charge in [-0.1, -0.05) is 6.92 Å². The first-order valence-corrected chi connectivity index (χ1v) is 4.05. The number of nitrogens with zero attached hydrogens (tertiary/aromatic N) is 1. The molecule has 2 atom stereocenters. The van der Waals surface area contributed by atoms with Crippen LogP contribution in [-0.2, 0) is 9.53 Å². The van der Waals surface area contributed by atoms with Gasteiger partial charge < -0.3 is 10.5 Å². The molecule has 0 aromatic carbocycles. The van der Waals surface area contributed by atoms with E-state index >= 15 is 0 Å². The number of rotatable bonds is 1. The minimum absolute atomic E-state index is 0.0881. The van der Waals surface area contributed by atoms with Gasteiger partial charge in [0.25, 0.3) is 0 Å². The van der Waals surface area contributed by atoms with Crippen molar-refractivity contribution in [3.05, 3.63) is 0 Å². The molecule has 1 aliphatic heterocycles. The standard InChI is InChI=1S/C8H14N2O2/c1-5-3-8(9)10-4-7(5)12-6(2)11/h5,7H,3-4H2,1-2H3,(H2,9,10)/t5-,7-/m1/s1. The van der Waals surface area contributed by atoms with Crippen LogP contribution >= 0.6 is 0 Å². The van der Waals surface area contributed by atoms with E-state index in [1.807, 2.05) is 6.92 Å². The van der Waals surface area contributed by atoms with Crippen LogP contribution in [0.15, 0.2) is 4.99 Å². The van der Waals surface area contributed by atoms with Gasteiger partial charge in [0.2, 0.25) is 0 Å². The number of aliphatic imine (C=N–C) groups is 1. The molecule has 0 aromatic heterocycles. The van der Waals surface area contributed by atoms with Gasteiger partial charge >= 0.3 is 5.97 Å². The zero-order chi connectivity index (χ0) is 9.14. The summed E-state index contributed by atoms with van der Waals surface area (Å²) in [5.74, 6) is 0.694. The van der Waals surface area contributed by atoms with Crippen molar-refractivity contribution in [3.63, 3.8) is 0 Å². The Hall–Kier alpha value is -1.06. The largest absolute Gasteiger partial charge is 0.460 e. The summed E-state index contributed by atoms with van der Waals surface area (Å²) in [6, 6.07) is 0. The lowest BCUT2D eigenvalue weighted by Gasteiger charge is -2.25. The molecule has 0 saturated carbocycles. The third-order valence-electron chi connectivity index (χ3n) is 1.96. The predicted octanol–water partition coefficient (Wildman–Crippen LogP) is 0.315. The van der Waals surface area contributed by atoms with Crippen LogP contribution in [0, 0.1) is 5.92 Å². The molecule has 4 heteroatoms. The smallest absolute Gasteiger partial charge is 0.302 e. The zero-order valence-electron chi connectivity index (χ0n) is 7.41. The highest BCUT2D eigenvalue weighted by molar-refractivity contribution is 5.81. The summed E-state index contributed by atoms with van der Waals surface area (Å²) in [4.78, 5) is 14.7. The third kappa shape index (κ3) is 2.22. The SMILES string of the molecule is CC(=O)O[C@@H]1CN=C(N)C[C@H]1C. The normalized spacial score (nSPS) is 29.3. The van der Waals surface area contributed by atoms with Crippen LogP contribution in [0.5, 0.6) is 0 Å². The Bertz CT molecular complexity index is 213. The van der Waals surface area contributed by atoms with Crippen LogP contribution in [0.4, 0.5) is 0 Å². The summed E-state index contributed by atoms with van der Waals surface area (Å²) in [6.45, 7) is 3.93. The molecule has 0 radical (unpaired) electrons. The fraction of sp³-hybridized carbons (Fsp3) is 0.750. The molecule has 1 aliphatic rings. The second kappa shape index (κ2) is 3.56. The highest BCUT2D eigenvalue weighted by atomic mass is 16.5. The summed E-state index contributed by atoms with van der Waals surface area (Å²) in [7, 11) is 0. The quantitative estimate of drug-likeness (QED) is 0.576. The predicted molar refractivity (Wildman–Crippen MR) is 45.8 cm³/mol. The molecule has 0 bridgehead atoms. The van der Waals surface area contributed by atoms with E-state index in [0.717, 1.165) is 6.42 Å². The van der Waals surface area contributed by atoms with E-state index in [0.29, 0.717) is 12.4 Å². The molecule has 0 aliphatic carbocycles. The molecule has 4 nitrogen and oxygen atoms in total. The maximum Gasteiger partial charge on any atom is 0.302 e. The maximum absolute atomic E-state index is 10.6. The van der Waals surface area contributed by atoms with Gasteiger partial charge in [-0.15, -0.1) is 0 Å². The molecule has 0 spiro atoms. The van der Waals surface area contributed by atoms with Crippen LogP contribution in [-0.4, -0.2) is 24.5 Å². The van der Waals surface area contributed by atoms with Gasteiger partial charge in [-0.2, -0.15) is 0 Å². The number of amidine groups is 1. The molecule has 0 unspecified atom stereocenters. The van der Waals surface area contributed by atoms with Gasteiger partial charge in [0.1, 0.15) is 6.10 Å². The third-order valence-corrected chi connectivity index (χ3v) is 1.96. The summed E-state index contributed by atoms with van der Waals surface area (Å²) in [6.07, 6.45) is 0.632. The molecular formula is C8H14N2O2. The fourth-order valence-electron chi connectivity index (χ4n) is 1.28. The van der Waals surface area contributed by atoms with Crippen LogP contribution in [0.25, 0.3) is 0 Å². The molecule has 0 amide bonds. The second-order valence-corrected chi connectivity index (χ2v) is 3.16. The Morgan fingerprint density at radius 3 is 2.92 bits per heavy atom. The maximum atomic E-state index is 10.6. The van der Waals surface area contributed by atoms with Crippen LogP contribution in [0.2, 0.25) is 0 Å². The lowest BCUT2D eigenvalue weighted by Crippen LogP contribution is -2.35. The topological polar surface area (TPSA) is 64.7 Å². The van der Waals surface area contributed by atoms with E-state index in [2.05, 4.69) is 4.99 Å². The molecule has 0 aromatic rings. The van der Waals surface area contributed by atoms with Crippen LogP contribution in [0.3, 0.4) is 0 Å². The summed E-state index contributed by atoms with van der Waals surface area (Å²) < 4.78 is 5.05. The summed E-state index contributed by atoms with van der Waals surface area (Å²) in [5, 5.41) is 0. The van der Waals surface area contributed by atoms with Gasteiger partial charge in [-0.05, 0) is 0 Å². The Balaban J connectivity index is 2.51. The molecule has 0 saturated heterocycles. The van der Waals surface area contributed by atoms with Crippen molar-refractivity contribution in [2.45, 2.75) is 26.4 Å². The van der Waals surface area contributed by atoms with E-state index in [-0.39, 0.29) is 18.0 Å². The number of nitrogens with two attached hydrogens (primary N) is 1. The number of esters is 1. The summed E-state index contributed by atoms with van der Waals surface area (Å²) in [5.41, 5.74) is 5.53. The molecule has 0 fully saturated rings. The molecule has 12 heavy (non-hydrogen) atoms. The molecule has 68 valence electrons. The lowest BCUT2D eigenvalue weighted by atomic mass is 9.98. The number of carbonyl (C=O) groups is 1. The van der Waals surface area contributed by atoms with E-state index in [4.69, 9.17) is 10.5 Å². The molecular weight excluding hydrogens is 156 g/mol. The lowest BCUT2D eigenvalue weighted by molar-refractivity contribution is -0.148. The van der Waals surface area contributed by atoms with Crippen molar-refractivity contribution in [1.29, 1.82) is 0 Å². The highest BCUT2D eigenvalue weighted by Gasteiger charge is 2.24. The monoisotopic (exact) mass is 170 g/mol. The minimum Gasteiger partial charge on any atom is -0.460 e. The summed E-state index contributed by atoms with van der Waals surface area (Å²) >= 11 is 0. The molecule has 1 rings (SSSR count). The average molecular weight is 170 g/mol. The van der Waals surface area contributed by atoms with E-state index in [1.54, 1.807) is 0 Å². The molecule has 1 heterocycles. The number of ether oxygens (including phenoxy) is 1. The van der Waals surface area contributed by atoms with Crippen LogP contribution in [0.1, 0.15) is 20.3 Å². The van der Waals surface area contributed by atoms with E-state index in [1.165, 1.54) is 6.92 Å². The number of hydrogen-bond donors (Lipinski definition) is 1. The van der Waals surface area contributed by atoms with Crippen LogP contribution < -0.4 is 5.73 Å². The first kappa shape index (κ1) is 9.03. The second-order valence-electron chi connectivity index (χ2n) is 3.16. The number of carbonyl (C=O) groups excluding carboxylic acids is 1. The van der Waals surface area contributed by atoms with E-state index < -0.39 is 0 Å². The van der Waals surface area contributed by atoms with Crippen molar-refractivity contribution < 1.29 is 9.53 Å². The first-order chi connectivity index (χ1) is 5.59. The Morgan fingerprint density at radius 1 is 1.75 bits per heavy atom. The highest BCUT2D eigenvalue weighted by Crippen LogP contribution is 2.16. The Kier molecular flexibility index (Phi) is 2.68. The van der Waals surface area contributed by atoms with Crippen molar-refractivity contribution >= 4 is 11.8 Å². The number of hydrogen-bond acceptors (Lipinski definition) is 4. The van der Waals surface area contributed by atoms with Gasteiger partial charge in [0.05, 0.1) is 12.4 Å². The first-order valence-electron chi connectivity index (χ1n) is 4.05. The van der Waals surface area contributed by atoms with Gasteiger partial charge in [0.15, 0.2) is 0 Å². The fourth-order valence-corrected chi connectivity index (χ4v) is 1.28. The van der Waals surface area contributed by atoms with Crippen molar-refractivity contribution in [3.8, 4) is 0 Å².